The van der Waals surface area contributed by atoms with Gasteiger partial charge in [0.25, 0.3) is 0 Å². The molecule has 0 radical (unpaired) electrons. The van der Waals surface area contributed by atoms with E-state index in [0.717, 1.165) is 40.3 Å². The summed E-state index contributed by atoms with van der Waals surface area (Å²) in [6.45, 7) is 4.07. The lowest BCUT2D eigenvalue weighted by Gasteiger charge is -2.24. The lowest BCUT2D eigenvalue weighted by Crippen LogP contribution is -2.22. The van der Waals surface area contributed by atoms with E-state index in [0.29, 0.717) is 12.0 Å². The first-order chi connectivity index (χ1) is 14.5. The van der Waals surface area contributed by atoms with Gasteiger partial charge in [-0.25, -0.2) is 9.50 Å². The third kappa shape index (κ3) is 2.98. The summed E-state index contributed by atoms with van der Waals surface area (Å²) in [7, 11) is 1.66. The quantitative estimate of drug-likeness (QED) is 0.492. The Balaban J connectivity index is 1.62. The van der Waals surface area contributed by atoms with E-state index in [1.807, 2.05) is 35.7 Å². The van der Waals surface area contributed by atoms with Crippen molar-refractivity contribution in [3.05, 3.63) is 82.8 Å². The number of ether oxygens (including phenoxy) is 1. The lowest BCUT2D eigenvalue weighted by molar-refractivity contribution is 0.0962. The van der Waals surface area contributed by atoms with Crippen molar-refractivity contribution >= 4 is 11.4 Å². The number of benzene rings is 2. The summed E-state index contributed by atoms with van der Waals surface area (Å²) < 4.78 is 7.16. The molecule has 1 aliphatic rings. The maximum Gasteiger partial charge on any atom is 0.166 e. The molecular formula is C25H23N3O2. The normalized spacial score (nSPS) is 16.0. The molecular weight excluding hydrogens is 374 g/mol. The molecule has 5 heteroatoms. The SMILES string of the molecule is COc1ccc(-c2c(C)nn3c4c(cnc23)C(=O)CC(c2ccc(C)cc2)C4)cc1. The van der Waals surface area contributed by atoms with Gasteiger partial charge in [0.15, 0.2) is 11.4 Å². The summed E-state index contributed by atoms with van der Waals surface area (Å²) in [5.74, 6) is 1.10. The van der Waals surface area contributed by atoms with Crippen LogP contribution in [0.3, 0.4) is 0 Å². The molecule has 0 N–H and O–H groups in total. The monoisotopic (exact) mass is 397 g/mol. The third-order valence-electron chi connectivity index (χ3n) is 6.02. The summed E-state index contributed by atoms with van der Waals surface area (Å²) in [6.07, 6.45) is 3.01. The Labute approximate surface area is 175 Å². The number of aryl methyl sites for hydroxylation is 2. The fourth-order valence-electron chi connectivity index (χ4n) is 4.38. The predicted molar refractivity (Wildman–Crippen MR) is 116 cm³/mol. The minimum atomic E-state index is 0.135. The molecule has 2 heterocycles. The Morgan fingerprint density at radius 1 is 1.00 bits per heavy atom. The second-order valence-electron chi connectivity index (χ2n) is 7.98. The molecule has 2 aromatic carbocycles. The maximum atomic E-state index is 12.9. The van der Waals surface area contributed by atoms with Crippen LogP contribution in [0.25, 0.3) is 16.8 Å². The van der Waals surface area contributed by atoms with Crippen LogP contribution in [0, 0.1) is 13.8 Å². The molecule has 0 saturated heterocycles. The zero-order chi connectivity index (χ0) is 20.8. The zero-order valence-corrected chi connectivity index (χ0v) is 17.3. The van der Waals surface area contributed by atoms with Crippen molar-refractivity contribution in [3.8, 4) is 16.9 Å². The average Bonchev–Trinajstić information content (AvgIpc) is 3.10. The molecule has 2 aromatic heterocycles. The van der Waals surface area contributed by atoms with Crippen LogP contribution < -0.4 is 4.74 Å². The van der Waals surface area contributed by atoms with Crippen LogP contribution in [-0.2, 0) is 6.42 Å². The smallest absolute Gasteiger partial charge is 0.166 e. The Hall–Kier alpha value is -3.47. The minimum absolute atomic E-state index is 0.135. The van der Waals surface area contributed by atoms with Gasteiger partial charge in [0.2, 0.25) is 0 Å². The Bertz CT molecular complexity index is 1250. The molecule has 5 rings (SSSR count). The van der Waals surface area contributed by atoms with Gasteiger partial charge in [0.05, 0.1) is 24.1 Å². The third-order valence-corrected chi connectivity index (χ3v) is 6.02. The van der Waals surface area contributed by atoms with E-state index in [-0.39, 0.29) is 11.7 Å². The Morgan fingerprint density at radius 3 is 2.43 bits per heavy atom. The molecule has 0 aliphatic heterocycles. The van der Waals surface area contributed by atoms with E-state index in [1.165, 1.54) is 11.1 Å². The number of rotatable bonds is 3. The summed E-state index contributed by atoms with van der Waals surface area (Å²) in [6, 6.07) is 16.4. The number of fused-ring (bicyclic) bond motifs is 3. The molecule has 1 aliphatic carbocycles. The number of hydrogen-bond acceptors (Lipinski definition) is 4. The fraction of sp³-hybridized carbons (Fsp3) is 0.240. The first kappa shape index (κ1) is 18.6. The number of aromatic nitrogens is 3. The van der Waals surface area contributed by atoms with Gasteiger partial charge in [-0.15, -0.1) is 0 Å². The van der Waals surface area contributed by atoms with Gasteiger partial charge in [0.1, 0.15) is 5.75 Å². The summed E-state index contributed by atoms with van der Waals surface area (Å²) in [5, 5.41) is 4.79. The number of carbonyl (C=O) groups excluding carboxylic acids is 1. The van der Waals surface area contributed by atoms with Gasteiger partial charge in [-0.2, -0.15) is 5.10 Å². The molecule has 5 nitrogen and oxygen atoms in total. The molecule has 4 aromatic rings. The van der Waals surface area contributed by atoms with Crippen LogP contribution >= 0.6 is 0 Å². The van der Waals surface area contributed by atoms with Crippen LogP contribution in [0.4, 0.5) is 0 Å². The zero-order valence-electron chi connectivity index (χ0n) is 17.3. The molecule has 1 atom stereocenters. The number of nitrogens with zero attached hydrogens (tertiary/aromatic N) is 3. The van der Waals surface area contributed by atoms with Gasteiger partial charge < -0.3 is 4.74 Å². The van der Waals surface area contributed by atoms with E-state index < -0.39 is 0 Å². The van der Waals surface area contributed by atoms with E-state index in [1.54, 1.807) is 13.3 Å². The highest BCUT2D eigenvalue weighted by Gasteiger charge is 2.30. The summed E-state index contributed by atoms with van der Waals surface area (Å²) in [4.78, 5) is 17.6. The number of hydrogen-bond donors (Lipinski definition) is 0. The van der Waals surface area contributed by atoms with Crippen LogP contribution in [0.2, 0.25) is 0 Å². The molecule has 0 fully saturated rings. The maximum absolute atomic E-state index is 12.9. The molecule has 150 valence electrons. The lowest BCUT2D eigenvalue weighted by atomic mass is 9.82. The Morgan fingerprint density at radius 2 is 1.73 bits per heavy atom. The standard InChI is InChI=1S/C25H23N3O2/c1-15-4-6-17(7-5-15)19-12-22-21(23(29)13-19)14-26-25-24(16(2)27-28(22)25)18-8-10-20(30-3)11-9-18/h4-11,14,19H,12-13H2,1-3H3. The second-order valence-corrected chi connectivity index (χ2v) is 7.98. The summed E-state index contributed by atoms with van der Waals surface area (Å²) >= 11 is 0. The number of Topliss-reactive ketones (excluding diaryl/α,β-unsaturated/α-hetero) is 1. The topological polar surface area (TPSA) is 56.5 Å². The van der Waals surface area contributed by atoms with Crippen molar-refractivity contribution in [3.63, 3.8) is 0 Å². The van der Waals surface area contributed by atoms with Gasteiger partial charge in [-0.1, -0.05) is 42.0 Å². The van der Waals surface area contributed by atoms with Crippen molar-refractivity contribution in [1.82, 2.24) is 14.6 Å². The highest BCUT2D eigenvalue weighted by Crippen LogP contribution is 2.35. The van der Waals surface area contributed by atoms with Crippen LogP contribution in [-0.4, -0.2) is 27.5 Å². The van der Waals surface area contributed by atoms with Crippen molar-refractivity contribution in [2.24, 2.45) is 0 Å². The largest absolute Gasteiger partial charge is 0.497 e. The van der Waals surface area contributed by atoms with Crippen LogP contribution in [0.15, 0.2) is 54.7 Å². The molecule has 0 bridgehead atoms. The van der Waals surface area contributed by atoms with Gasteiger partial charge in [-0.3, -0.25) is 4.79 Å². The Kier molecular flexibility index (Phi) is 4.39. The molecule has 0 amide bonds. The van der Waals surface area contributed by atoms with Crippen molar-refractivity contribution < 1.29 is 9.53 Å². The minimum Gasteiger partial charge on any atom is -0.497 e. The molecule has 30 heavy (non-hydrogen) atoms. The van der Waals surface area contributed by atoms with Crippen molar-refractivity contribution in [2.75, 3.05) is 7.11 Å². The predicted octanol–water partition coefficient (Wildman–Crippen LogP) is 4.93. The first-order valence-electron chi connectivity index (χ1n) is 10.2. The van der Waals surface area contributed by atoms with Gasteiger partial charge in [-0.05, 0) is 49.4 Å². The number of carbonyl (C=O) groups is 1. The van der Waals surface area contributed by atoms with Crippen LogP contribution in [0.1, 0.15) is 45.2 Å². The molecule has 0 spiro atoms. The van der Waals surface area contributed by atoms with E-state index >= 15 is 0 Å². The highest BCUT2D eigenvalue weighted by atomic mass is 16.5. The fourth-order valence-corrected chi connectivity index (χ4v) is 4.38. The van der Waals surface area contributed by atoms with E-state index in [9.17, 15) is 4.79 Å². The van der Waals surface area contributed by atoms with E-state index in [2.05, 4.69) is 36.2 Å². The van der Waals surface area contributed by atoms with Crippen molar-refractivity contribution in [2.45, 2.75) is 32.6 Å². The molecule has 1 unspecified atom stereocenters. The number of methoxy groups -OCH3 is 1. The highest BCUT2D eigenvalue weighted by molar-refractivity contribution is 5.99. The molecule has 0 saturated carbocycles. The summed E-state index contributed by atoms with van der Waals surface area (Å²) in [5.41, 5.74) is 7.76. The average molecular weight is 397 g/mol. The van der Waals surface area contributed by atoms with Crippen molar-refractivity contribution in [1.29, 1.82) is 0 Å². The van der Waals surface area contributed by atoms with Gasteiger partial charge in [0, 0.05) is 18.2 Å². The van der Waals surface area contributed by atoms with E-state index in [4.69, 9.17) is 9.84 Å². The first-order valence-corrected chi connectivity index (χ1v) is 10.2. The van der Waals surface area contributed by atoms with Gasteiger partial charge >= 0.3 is 0 Å². The van der Waals surface area contributed by atoms with Crippen LogP contribution in [0.5, 0.6) is 5.75 Å². The number of ketones is 1. The second kappa shape index (κ2) is 7.10.